The number of piperidine rings is 1. The van der Waals surface area contributed by atoms with Crippen molar-refractivity contribution in [2.45, 2.75) is 89.6 Å². The van der Waals surface area contributed by atoms with Crippen LogP contribution in [0.1, 0.15) is 83.6 Å². The lowest BCUT2D eigenvalue weighted by atomic mass is 9.73. The highest BCUT2D eigenvalue weighted by Gasteiger charge is 2.41. The van der Waals surface area contributed by atoms with Crippen LogP contribution in [0.5, 0.6) is 5.75 Å². The maximum atomic E-state index is 10.1. The van der Waals surface area contributed by atoms with Gasteiger partial charge in [-0.05, 0) is 95.2 Å². The second-order valence-electron chi connectivity index (χ2n) is 9.33. The molecule has 0 bridgehead atoms. The lowest BCUT2D eigenvalue weighted by Gasteiger charge is -2.50. The van der Waals surface area contributed by atoms with E-state index < -0.39 is 0 Å². The number of benzene rings is 1. The van der Waals surface area contributed by atoms with Crippen LogP contribution in [0.25, 0.3) is 0 Å². The molecule has 3 nitrogen and oxygen atoms in total. The molecule has 3 rings (SSSR count). The van der Waals surface area contributed by atoms with Crippen molar-refractivity contribution < 1.29 is 5.11 Å². The Kier molecular flexibility index (Phi) is 7.82. The highest BCUT2D eigenvalue weighted by molar-refractivity contribution is 5.33. The minimum Gasteiger partial charge on any atom is -0.508 e. The van der Waals surface area contributed by atoms with E-state index in [1.165, 1.54) is 82.9 Å². The van der Waals surface area contributed by atoms with Crippen molar-refractivity contribution in [2.75, 3.05) is 26.7 Å². The van der Waals surface area contributed by atoms with E-state index in [4.69, 9.17) is 0 Å². The standard InChI is InChI=1S/C25H42N2O/c1-4-6-7-17-26(3)25(22-9-8-10-24(28)20-22)15-11-23(12-16-25)27-18-13-21(5-2)14-19-27/h8-10,20-21,23,28H,4-7,11-19H2,1-3H3. The van der Waals surface area contributed by atoms with Crippen molar-refractivity contribution in [3.63, 3.8) is 0 Å². The quantitative estimate of drug-likeness (QED) is 0.574. The first-order valence-electron chi connectivity index (χ1n) is 11.8. The predicted molar refractivity (Wildman–Crippen MR) is 119 cm³/mol. The van der Waals surface area contributed by atoms with Crippen LogP contribution in [0.3, 0.4) is 0 Å². The number of aromatic hydroxyl groups is 1. The van der Waals surface area contributed by atoms with E-state index in [1.807, 2.05) is 12.1 Å². The third kappa shape index (κ3) is 4.91. The Morgan fingerprint density at radius 2 is 1.79 bits per heavy atom. The van der Waals surface area contributed by atoms with Crippen molar-refractivity contribution in [3.05, 3.63) is 29.8 Å². The van der Waals surface area contributed by atoms with Crippen LogP contribution in [0, 0.1) is 5.92 Å². The molecule has 28 heavy (non-hydrogen) atoms. The number of hydrogen-bond acceptors (Lipinski definition) is 3. The summed E-state index contributed by atoms with van der Waals surface area (Å²) in [6, 6.07) is 8.84. The molecule has 1 aliphatic carbocycles. The number of likely N-dealkylation sites (tertiary alicyclic amines) is 1. The van der Waals surface area contributed by atoms with Crippen molar-refractivity contribution in [1.82, 2.24) is 9.80 Å². The number of hydrogen-bond donors (Lipinski definition) is 1. The Balaban J connectivity index is 1.69. The third-order valence-corrected chi connectivity index (χ3v) is 7.74. The minimum absolute atomic E-state index is 0.0880. The van der Waals surface area contributed by atoms with E-state index in [1.54, 1.807) is 6.07 Å². The topological polar surface area (TPSA) is 26.7 Å². The number of nitrogens with zero attached hydrogens (tertiary/aromatic N) is 2. The van der Waals surface area contributed by atoms with Gasteiger partial charge in [0.1, 0.15) is 5.75 Å². The fourth-order valence-electron chi connectivity index (χ4n) is 5.67. The van der Waals surface area contributed by atoms with E-state index in [2.05, 4.69) is 36.8 Å². The lowest BCUT2D eigenvalue weighted by Crippen LogP contribution is -2.51. The Bertz CT molecular complexity index is 586. The highest BCUT2D eigenvalue weighted by atomic mass is 16.3. The predicted octanol–water partition coefficient (Wildman–Crippen LogP) is 5.77. The largest absolute Gasteiger partial charge is 0.508 e. The summed E-state index contributed by atoms with van der Waals surface area (Å²) in [6.07, 6.45) is 12.9. The molecular formula is C25H42N2O. The summed E-state index contributed by atoms with van der Waals surface area (Å²) in [6.45, 7) is 8.37. The van der Waals surface area contributed by atoms with E-state index in [-0.39, 0.29) is 5.54 Å². The summed E-state index contributed by atoms with van der Waals surface area (Å²) in [5.41, 5.74) is 1.40. The van der Waals surface area contributed by atoms with Crippen LogP contribution < -0.4 is 0 Å². The van der Waals surface area contributed by atoms with Gasteiger partial charge in [0.25, 0.3) is 0 Å². The summed E-state index contributed by atoms with van der Waals surface area (Å²) in [5, 5.41) is 10.1. The lowest BCUT2D eigenvalue weighted by molar-refractivity contribution is 0.0219. The maximum Gasteiger partial charge on any atom is 0.115 e. The Morgan fingerprint density at radius 3 is 2.39 bits per heavy atom. The first-order valence-corrected chi connectivity index (χ1v) is 11.8. The van der Waals surface area contributed by atoms with Crippen LogP contribution in [-0.4, -0.2) is 47.6 Å². The van der Waals surface area contributed by atoms with Crippen LogP contribution in [0.2, 0.25) is 0 Å². The first-order chi connectivity index (χ1) is 13.6. The summed E-state index contributed by atoms with van der Waals surface area (Å²) >= 11 is 0. The van der Waals surface area contributed by atoms with Crippen molar-refractivity contribution in [2.24, 2.45) is 5.92 Å². The van der Waals surface area contributed by atoms with Crippen molar-refractivity contribution in [3.8, 4) is 5.75 Å². The van der Waals surface area contributed by atoms with E-state index in [9.17, 15) is 5.11 Å². The van der Waals surface area contributed by atoms with Gasteiger partial charge in [0.05, 0.1) is 0 Å². The Morgan fingerprint density at radius 1 is 1.07 bits per heavy atom. The van der Waals surface area contributed by atoms with E-state index >= 15 is 0 Å². The molecule has 0 amide bonds. The third-order valence-electron chi connectivity index (χ3n) is 7.74. The molecular weight excluding hydrogens is 344 g/mol. The van der Waals surface area contributed by atoms with Gasteiger partial charge in [0.15, 0.2) is 0 Å². The minimum atomic E-state index is 0.0880. The zero-order valence-electron chi connectivity index (χ0n) is 18.5. The molecule has 1 saturated carbocycles. The van der Waals surface area contributed by atoms with Gasteiger partial charge in [-0.15, -0.1) is 0 Å². The van der Waals surface area contributed by atoms with Crippen LogP contribution >= 0.6 is 0 Å². The van der Waals surface area contributed by atoms with Crippen molar-refractivity contribution in [1.29, 1.82) is 0 Å². The van der Waals surface area contributed by atoms with Gasteiger partial charge in [-0.25, -0.2) is 0 Å². The SMILES string of the molecule is CCCCCN(C)C1(c2cccc(O)c2)CCC(N2CCC(CC)CC2)CC1. The smallest absolute Gasteiger partial charge is 0.115 e. The van der Waals surface area contributed by atoms with Crippen molar-refractivity contribution >= 4 is 0 Å². The molecule has 1 aromatic rings. The second-order valence-corrected chi connectivity index (χ2v) is 9.33. The molecule has 0 spiro atoms. The van der Waals surface area contributed by atoms with E-state index in [0.29, 0.717) is 5.75 Å². The molecule has 1 heterocycles. The number of phenolic OH excluding ortho intramolecular Hbond substituents is 1. The summed E-state index contributed by atoms with van der Waals surface area (Å²) in [5.74, 6) is 1.36. The number of rotatable bonds is 8. The summed E-state index contributed by atoms with van der Waals surface area (Å²) in [7, 11) is 2.31. The molecule has 0 aromatic heterocycles. The first kappa shape index (κ1) is 21.6. The normalized spacial score (nSPS) is 27.4. The average Bonchev–Trinajstić information content (AvgIpc) is 2.74. The van der Waals surface area contributed by atoms with Crippen LogP contribution in [0.15, 0.2) is 24.3 Å². The summed E-state index contributed by atoms with van der Waals surface area (Å²) < 4.78 is 0. The molecule has 1 N–H and O–H groups in total. The maximum absolute atomic E-state index is 10.1. The monoisotopic (exact) mass is 386 g/mol. The Labute approximate surface area is 173 Å². The van der Waals surface area contributed by atoms with Crippen LogP contribution in [0.4, 0.5) is 0 Å². The highest BCUT2D eigenvalue weighted by Crippen LogP contribution is 2.44. The molecule has 3 heteroatoms. The van der Waals surface area contributed by atoms with Gasteiger partial charge in [-0.1, -0.05) is 45.2 Å². The zero-order chi connectivity index (χ0) is 20.0. The van der Waals surface area contributed by atoms with Gasteiger partial charge in [-0.3, -0.25) is 4.90 Å². The van der Waals surface area contributed by atoms with Gasteiger partial charge in [-0.2, -0.15) is 0 Å². The van der Waals surface area contributed by atoms with Gasteiger partial charge < -0.3 is 10.0 Å². The molecule has 1 saturated heterocycles. The van der Waals surface area contributed by atoms with E-state index in [0.717, 1.165) is 18.5 Å². The molecule has 0 radical (unpaired) electrons. The fraction of sp³-hybridized carbons (Fsp3) is 0.760. The number of unbranched alkanes of at least 4 members (excludes halogenated alkanes) is 2. The van der Waals surface area contributed by atoms with Gasteiger partial charge >= 0.3 is 0 Å². The fourth-order valence-corrected chi connectivity index (χ4v) is 5.67. The molecule has 1 aromatic carbocycles. The molecule has 2 aliphatic rings. The Hall–Kier alpha value is -1.06. The second kappa shape index (κ2) is 10.1. The average molecular weight is 387 g/mol. The molecule has 0 unspecified atom stereocenters. The zero-order valence-corrected chi connectivity index (χ0v) is 18.5. The molecule has 2 fully saturated rings. The molecule has 1 aliphatic heterocycles. The molecule has 158 valence electrons. The number of phenols is 1. The molecule has 0 atom stereocenters. The summed E-state index contributed by atoms with van der Waals surface area (Å²) in [4.78, 5) is 5.40. The van der Waals surface area contributed by atoms with Crippen LogP contribution in [-0.2, 0) is 5.54 Å². The van der Waals surface area contributed by atoms with Gasteiger partial charge in [0, 0.05) is 11.6 Å². The van der Waals surface area contributed by atoms with Gasteiger partial charge in [0.2, 0.25) is 0 Å².